The summed E-state index contributed by atoms with van der Waals surface area (Å²) < 4.78 is 26.7. The maximum Gasteiger partial charge on any atom is 0.323 e. The van der Waals surface area contributed by atoms with Gasteiger partial charge in [0.2, 0.25) is 5.91 Å². The van der Waals surface area contributed by atoms with Crippen molar-refractivity contribution in [3.8, 4) is 11.3 Å². The van der Waals surface area contributed by atoms with Crippen LogP contribution in [0.5, 0.6) is 0 Å². The summed E-state index contributed by atoms with van der Waals surface area (Å²) in [7, 11) is 1.72. The summed E-state index contributed by atoms with van der Waals surface area (Å²) in [6, 6.07) is 2.84. The Bertz CT molecular complexity index is 921. The van der Waals surface area contributed by atoms with E-state index < -0.39 is 11.6 Å². The highest BCUT2D eigenvalue weighted by atomic mass is 19.1. The molecule has 2 aromatic rings. The molecule has 1 saturated carbocycles. The predicted octanol–water partition coefficient (Wildman–Crippen LogP) is 3.92. The van der Waals surface area contributed by atoms with E-state index >= 15 is 0 Å². The molecule has 1 aromatic carbocycles. The Kier molecular flexibility index (Phi) is 6.82. The summed E-state index contributed by atoms with van der Waals surface area (Å²) in [5.41, 5.74) is 0.565. The third-order valence-corrected chi connectivity index (χ3v) is 5.62. The lowest BCUT2D eigenvalue weighted by Crippen LogP contribution is -2.48. The smallest absolute Gasteiger partial charge is 0.323 e. The molecule has 0 bridgehead atoms. The van der Waals surface area contributed by atoms with Gasteiger partial charge in [0, 0.05) is 43.7 Å². The number of amides is 3. The minimum atomic E-state index is -0.698. The molecule has 4 rings (SSSR count). The van der Waals surface area contributed by atoms with Gasteiger partial charge in [-0.3, -0.25) is 15.1 Å². The fourth-order valence-corrected chi connectivity index (χ4v) is 3.67. The van der Waals surface area contributed by atoms with Crippen molar-refractivity contribution < 1.29 is 18.4 Å². The van der Waals surface area contributed by atoms with Gasteiger partial charge in [-0.15, -0.1) is 0 Å². The first-order valence-corrected chi connectivity index (χ1v) is 10.0. The number of hydrogen-bond donors (Lipinski definition) is 1. The molecule has 1 aliphatic carbocycles. The summed E-state index contributed by atoms with van der Waals surface area (Å²) in [5.74, 6) is -0.692. The molecule has 2 aliphatic rings. The van der Waals surface area contributed by atoms with Gasteiger partial charge < -0.3 is 9.80 Å². The van der Waals surface area contributed by atoms with Crippen molar-refractivity contribution in [2.45, 2.75) is 39.2 Å². The Morgan fingerprint density at radius 3 is 2.23 bits per heavy atom. The molecule has 0 atom stereocenters. The van der Waals surface area contributed by atoms with Crippen LogP contribution in [0.3, 0.4) is 0 Å². The van der Waals surface area contributed by atoms with E-state index in [1.807, 2.05) is 4.90 Å². The maximum atomic E-state index is 13.4. The van der Waals surface area contributed by atoms with Crippen LogP contribution in [0.4, 0.5) is 19.4 Å². The van der Waals surface area contributed by atoms with Gasteiger partial charge >= 0.3 is 6.03 Å². The zero-order chi connectivity index (χ0) is 21.3. The van der Waals surface area contributed by atoms with Crippen molar-refractivity contribution in [3.05, 3.63) is 42.2 Å². The standard InChI is InChI=1S/C21H23F2N5O2.CH4/c1-27(17-4-6-28(7-5-17)20(29)13-2-3-13)21(30)26-19-12-24-18(11-25-19)14-8-15(22)10-16(23)9-14;/h8-13,17H,2-7H2,1H3,(H,25,26,30);1H4. The lowest BCUT2D eigenvalue weighted by atomic mass is 10.0. The SMILES string of the molecule is C.CN(C(=O)Nc1cnc(-c2cc(F)cc(F)c2)cn1)C1CCN(C(=O)C2CC2)CC1. The van der Waals surface area contributed by atoms with Crippen molar-refractivity contribution in [3.63, 3.8) is 0 Å². The van der Waals surface area contributed by atoms with Crippen molar-refractivity contribution in [2.75, 3.05) is 25.5 Å². The van der Waals surface area contributed by atoms with Crippen LogP contribution in [0, 0.1) is 17.6 Å². The van der Waals surface area contributed by atoms with Crippen LogP contribution in [0.25, 0.3) is 11.3 Å². The van der Waals surface area contributed by atoms with Gasteiger partial charge in [-0.1, -0.05) is 7.43 Å². The van der Waals surface area contributed by atoms with E-state index in [0.29, 0.717) is 18.8 Å². The zero-order valence-corrected chi connectivity index (χ0v) is 16.6. The van der Waals surface area contributed by atoms with Crippen molar-refractivity contribution in [2.24, 2.45) is 5.92 Å². The van der Waals surface area contributed by atoms with Crippen LogP contribution in [-0.2, 0) is 4.79 Å². The third kappa shape index (κ3) is 5.34. The first-order valence-electron chi connectivity index (χ1n) is 10.0. The number of benzene rings is 1. The van der Waals surface area contributed by atoms with Gasteiger partial charge in [-0.05, 0) is 37.8 Å². The van der Waals surface area contributed by atoms with Crippen molar-refractivity contribution in [1.29, 1.82) is 0 Å². The Labute approximate surface area is 180 Å². The van der Waals surface area contributed by atoms with Gasteiger partial charge in [0.25, 0.3) is 0 Å². The quantitative estimate of drug-likeness (QED) is 0.796. The number of likely N-dealkylation sites (tertiary alicyclic amines) is 1. The fraction of sp³-hybridized carbons (Fsp3) is 0.455. The molecule has 1 N–H and O–H groups in total. The second-order valence-electron chi connectivity index (χ2n) is 7.82. The Morgan fingerprint density at radius 1 is 1.03 bits per heavy atom. The van der Waals surface area contributed by atoms with Crippen LogP contribution in [0.15, 0.2) is 30.6 Å². The lowest BCUT2D eigenvalue weighted by Gasteiger charge is -2.36. The fourth-order valence-electron chi connectivity index (χ4n) is 3.67. The Hall–Kier alpha value is -3.10. The number of halogens is 2. The number of rotatable bonds is 4. The van der Waals surface area contributed by atoms with E-state index in [0.717, 1.165) is 31.7 Å². The average Bonchev–Trinajstić information content (AvgIpc) is 3.58. The Balaban J connectivity index is 0.00000272. The molecule has 0 unspecified atom stereocenters. The van der Waals surface area contributed by atoms with Gasteiger partial charge in [0.1, 0.15) is 11.6 Å². The monoisotopic (exact) mass is 431 g/mol. The number of anilines is 1. The van der Waals surface area contributed by atoms with E-state index in [4.69, 9.17) is 0 Å². The molecule has 1 saturated heterocycles. The number of carbonyl (C=O) groups is 2. The topological polar surface area (TPSA) is 78.4 Å². The second-order valence-corrected chi connectivity index (χ2v) is 7.82. The molecule has 1 aliphatic heterocycles. The van der Waals surface area contributed by atoms with E-state index in [-0.39, 0.29) is 42.7 Å². The molecule has 0 radical (unpaired) electrons. The van der Waals surface area contributed by atoms with Crippen molar-refractivity contribution in [1.82, 2.24) is 19.8 Å². The summed E-state index contributed by atoms with van der Waals surface area (Å²) in [5, 5.41) is 2.69. The highest BCUT2D eigenvalue weighted by molar-refractivity contribution is 5.88. The molecule has 166 valence electrons. The van der Waals surface area contributed by atoms with Crippen LogP contribution < -0.4 is 5.32 Å². The molecule has 2 fully saturated rings. The van der Waals surface area contributed by atoms with E-state index in [9.17, 15) is 18.4 Å². The zero-order valence-electron chi connectivity index (χ0n) is 16.6. The van der Waals surface area contributed by atoms with Crippen LogP contribution in [0.1, 0.15) is 33.1 Å². The normalized spacial score (nSPS) is 16.4. The third-order valence-electron chi connectivity index (χ3n) is 5.62. The molecule has 3 amide bonds. The van der Waals surface area contributed by atoms with E-state index in [1.54, 1.807) is 11.9 Å². The van der Waals surface area contributed by atoms with Crippen LogP contribution in [0.2, 0.25) is 0 Å². The second kappa shape index (κ2) is 9.36. The molecule has 7 nitrogen and oxygen atoms in total. The number of nitrogens with zero attached hydrogens (tertiary/aromatic N) is 4. The minimum absolute atomic E-state index is 0. The van der Waals surface area contributed by atoms with Gasteiger partial charge in [-0.2, -0.15) is 0 Å². The molecule has 9 heteroatoms. The highest BCUT2D eigenvalue weighted by Crippen LogP contribution is 2.32. The summed E-state index contributed by atoms with van der Waals surface area (Å²) in [4.78, 5) is 36.5. The first kappa shape index (κ1) is 22.6. The molecular weight excluding hydrogens is 404 g/mol. The summed E-state index contributed by atoms with van der Waals surface area (Å²) >= 11 is 0. The summed E-state index contributed by atoms with van der Waals surface area (Å²) in [6.45, 7) is 1.33. The van der Waals surface area contributed by atoms with Crippen LogP contribution in [-0.4, -0.2) is 57.9 Å². The number of urea groups is 1. The highest BCUT2D eigenvalue weighted by Gasteiger charge is 2.35. The number of nitrogens with one attached hydrogen (secondary N) is 1. The van der Waals surface area contributed by atoms with E-state index in [1.165, 1.54) is 24.5 Å². The maximum absolute atomic E-state index is 13.4. The molecule has 2 heterocycles. The molecule has 31 heavy (non-hydrogen) atoms. The minimum Gasteiger partial charge on any atom is -0.342 e. The Morgan fingerprint density at radius 2 is 1.68 bits per heavy atom. The van der Waals surface area contributed by atoms with Gasteiger partial charge in [-0.25, -0.2) is 18.6 Å². The average molecular weight is 431 g/mol. The predicted molar refractivity (Wildman–Crippen MR) is 113 cm³/mol. The van der Waals surface area contributed by atoms with Gasteiger partial charge in [0.05, 0.1) is 18.1 Å². The number of piperidine rings is 1. The molecule has 0 spiro atoms. The van der Waals surface area contributed by atoms with Gasteiger partial charge in [0.15, 0.2) is 5.82 Å². The molecular formula is C22H27F2N5O2. The number of carbonyl (C=O) groups excluding carboxylic acids is 2. The number of aromatic nitrogens is 2. The summed E-state index contributed by atoms with van der Waals surface area (Å²) in [6.07, 6.45) is 6.16. The largest absolute Gasteiger partial charge is 0.342 e. The van der Waals surface area contributed by atoms with Crippen LogP contribution >= 0.6 is 0 Å². The number of hydrogen-bond acceptors (Lipinski definition) is 4. The van der Waals surface area contributed by atoms with E-state index in [2.05, 4.69) is 15.3 Å². The molecule has 1 aromatic heterocycles. The van der Waals surface area contributed by atoms with Crippen molar-refractivity contribution >= 4 is 17.8 Å². The first-order chi connectivity index (χ1) is 14.4. The lowest BCUT2D eigenvalue weighted by molar-refractivity contribution is -0.133.